The van der Waals surface area contributed by atoms with Crippen molar-refractivity contribution in [3.05, 3.63) is 50.6 Å². The molecule has 0 aliphatic carbocycles. The van der Waals surface area contributed by atoms with Crippen molar-refractivity contribution in [3.8, 4) is 0 Å². The van der Waals surface area contributed by atoms with Gasteiger partial charge < -0.3 is 5.32 Å². The summed E-state index contributed by atoms with van der Waals surface area (Å²) < 4.78 is 1.20. The van der Waals surface area contributed by atoms with E-state index in [4.69, 9.17) is 0 Å². The zero-order valence-electron chi connectivity index (χ0n) is 12.6. The lowest BCUT2D eigenvalue weighted by molar-refractivity contribution is 0.553. The third-order valence-corrected chi connectivity index (χ3v) is 6.12. The number of hydrogen-bond donors (Lipinski definition) is 1. The van der Waals surface area contributed by atoms with E-state index in [1.165, 1.54) is 26.2 Å². The molecular weight excluding hydrogens is 362 g/mol. The molecule has 1 heterocycles. The van der Waals surface area contributed by atoms with E-state index in [-0.39, 0.29) is 0 Å². The fourth-order valence-electron chi connectivity index (χ4n) is 2.07. The zero-order valence-corrected chi connectivity index (χ0v) is 15.8. The van der Waals surface area contributed by atoms with Gasteiger partial charge in [-0.1, -0.05) is 24.6 Å². The second-order valence-electron chi connectivity index (χ2n) is 5.21. The first-order chi connectivity index (χ1) is 10.2. The third-order valence-electron chi connectivity index (χ3n) is 3.22. The Balaban J connectivity index is 1.90. The van der Waals surface area contributed by atoms with Gasteiger partial charge in [-0.15, -0.1) is 23.1 Å². The number of halogens is 1. The summed E-state index contributed by atoms with van der Waals surface area (Å²) in [6, 6.07) is 11.6. The summed E-state index contributed by atoms with van der Waals surface area (Å²) >= 11 is 7.32. The van der Waals surface area contributed by atoms with Crippen LogP contribution in [0.5, 0.6) is 0 Å². The van der Waals surface area contributed by atoms with Crippen LogP contribution < -0.4 is 5.32 Å². The summed E-state index contributed by atoms with van der Waals surface area (Å²) in [5.41, 5.74) is 1.32. The minimum absolute atomic E-state index is 0.529. The van der Waals surface area contributed by atoms with Crippen molar-refractivity contribution in [3.63, 3.8) is 0 Å². The minimum atomic E-state index is 0.529. The molecule has 2 aromatic rings. The maximum atomic E-state index is 3.68. The first-order valence-electron chi connectivity index (χ1n) is 7.33. The molecule has 1 aromatic carbocycles. The molecule has 0 aliphatic rings. The summed E-state index contributed by atoms with van der Waals surface area (Å²) in [4.78, 5) is 2.80. The standard InChI is InChI=1S/C17H22BrNS2/c1-3-8-19-15(10-17-9-14(18)11-20-17)12-21-16-6-4-13(2)5-7-16/h4-7,9,11,15,19H,3,8,10,12H2,1-2H3. The van der Waals surface area contributed by atoms with Gasteiger partial charge in [0, 0.05) is 31.4 Å². The van der Waals surface area contributed by atoms with Crippen LogP contribution in [0.15, 0.2) is 45.1 Å². The Bertz CT molecular complexity index is 536. The van der Waals surface area contributed by atoms with Gasteiger partial charge in [-0.2, -0.15) is 0 Å². The van der Waals surface area contributed by atoms with Gasteiger partial charge in [-0.25, -0.2) is 0 Å². The summed E-state index contributed by atoms with van der Waals surface area (Å²) in [7, 11) is 0. The van der Waals surface area contributed by atoms with Crippen molar-refractivity contribution in [1.82, 2.24) is 5.32 Å². The van der Waals surface area contributed by atoms with Crippen LogP contribution in [0.3, 0.4) is 0 Å². The second-order valence-corrected chi connectivity index (χ2v) is 8.22. The topological polar surface area (TPSA) is 12.0 Å². The summed E-state index contributed by atoms with van der Waals surface area (Å²) in [5, 5.41) is 5.85. The Hall–Kier alpha value is -0.290. The number of thioether (sulfide) groups is 1. The van der Waals surface area contributed by atoms with Gasteiger partial charge in [0.25, 0.3) is 0 Å². The Morgan fingerprint density at radius 3 is 2.67 bits per heavy atom. The average Bonchev–Trinajstić information content (AvgIpc) is 2.89. The number of rotatable bonds is 8. The number of thiophene rings is 1. The predicted molar refractivity (Wildman–Crippen MR) is 99.7 cm³/mol. The van der Waals surface area contributed by atoms with E-state index in [2.05, 4.69) is 70.8 Å². The maximum absolute atomic E-state index is 3.68. The molecule has 0 amide bonds. The molecule has 1 aromatic heterocycles. The third kappa shape index (κ3) is 6.15. The molecule has 0 bridgehead atoms. The molecule has 4 heteroatoms. The van der Waals surface area contributed by atoms with E-state index >= 15 is 0 Å². The molecule has 2 rings (SSSR count). The Morgan fingerprint density at radius 2 is 2.05 bits per heavy atom. The second kappa shape index (κ2) is 8.99. The molecule has 0 fully saturated rings. The lowest BCUT2D eigenvalue weighted by atomic mass is 10.2. The SMILES string of the molecule is CCCNC(CSc1ccc(C)cc1)Cc1cc(Br)cs1. The molecule has 0 aliphatic heterocycles. The summed E-state index contributed by atoms with van der Waals surface area (Å²) in [6.45, 7) is 5.44. The zero-order chi connectivity index (χ0) is 15.1. The molecule has 0 spiro atoms. The van der Waals surface area contributed by atoms with E-state index in [0.29, 0.717) is 6.04 Å². The highest BCUT2D eigenvalue weighted by Gasteiger charge is 2.11. The van der Waals surface area contributed by atoms with Crippen LogP contribution >= 0.6 is 39.0 Å². The number of benzene rings is 1. The molecule has 0 saturated carbocycles. The highest BCUT2D eigenvalue weighted by molar-refractivity contribution is 9.10. The molecule has 114 valence electrons. The van der Waals surface area contributed by atoms with Crippen LogP contribution in [-0.4, -0.2) is 18.3 Å². The van der Waals surface area contributed by atoms with Crippen molar-refractivity contribution in [2.45, 2.75) is 37.6 Å². The van der Waals surface area contributed by atoms with E-state index < -0.39 is 0 Å². The Labute approximate surface area is 144 Å². The van der Waals surface area contributed by atoms with E-state index in [1.807, 2.05) is 23.1 Å². The van der Waals surface area contributed by atoms with Gasteiger partial charge in [0.15, 0.2) is 0 Å². The molecule has 1 unspecified atom stereocenters. The molecule has 21 heavy (non-hydrogen) atoms. The maximum Gasteiger partial charge on any atom is 0.0285 e. The van der Waals surface area contributed by atoms with Gasteiger partial charge in [-0.05, 0) is 60.4 Å². The Kier molecular flexibility index (Phi) is 7.30. The highest BCUT2D eigenvalue weighted by Crippen LogP contribution is 2.24. The van der Waals surface area contributed by atoms with Gasteiger partial charge in [0.1, 0.15) is 0 Å². The van der Waals surface area contributed by atoms with Crippen LogP contribution in [0, 0.1) is 6.92 Å². The number of hydrogen-bond acceptors (Lipinski definition) is 3. The van der Waals surface area contributed by atoms with Crippen LogP contribution in [0.25, 0.3) is 0 Å². The fourth-order valence-corrected chi connectivity index (χ4v) is 4.56. The minimum Gasteiger partial charge on any atom is -0.313 e. The molecule has 0 radical (unpaired) electrons. The van der Waals surface area contributed by atoms with Crippen molar-refractivity contribution in [2.24, 2.45) is 0 Å². The summed E-state index contributed by atoms with van der Waals surface area (Å²) in [5.74, 6) is 1.11. The monoisotopic (exact) mass is 383 g/mol. The van der Waals surface area contributed by atoms with Crippen LogP contribution in [0.4, 0.5) is 0 Å². The van der Waals surface area contributed by atoms with Gasteiger partial charge >= 0.3 is 0 Å². The van der Waals surface area contributed by atoms with Crippen molar-refractivity contribution in [1.29, 1.82) is 0 Å². The molecular formula is C17H22BrNS2. The Morgan fingerprint density at radius 1 is 1.29 bits per heavy atom. The number of aryl methyl sites for hydroxylation is 1. The first-order valence-corrected chi connectivity index (χ1v) is 9.99. The first kappa shape index (κ1) is 17.1. The lowest BCUT2D eigenvalue weighted by Crippen LogP contribution is -2.33. The van der Waals surface area contributed by atoms with Crippen molar-refractivity contribution >= 4 is 39.0 Å². The van der Waals surface area contributed by atoms with Crippen LogP contribution in [-0.2, 0) is 6.42 Å². The quantitative estimate of drug-likeness (QED) is 0.602. The van der Waals surface area contributed by atoms with Crippen molar-refractivity contribution in [2.75, 3.05) is 12.3 Å². The fraction of sp³-hybridized carbons (Fsp3) is 0.412. The molecule has 0 saturated heterocycles. The normalized spacial score (nSPS) is 12.5. The average molecular weight is 384 g/mol. The highest BCUT2D eigenvalue weighted by atomic mass is 79.9. The molecule has 1 nitrogen and oxygen atoms in total. The van der Waals surface area contributed by atoms with Gasteiger partial charge in [0.2, 0.25) is 0 Å². The summed E-state index contributed by atoms with van der Waals surface area (Å²) in [6.07, 6.45) is 2.29. The van der Waals surface area contributed by atoms with Gasteiger partial charge in [0.05, 0.1) is 0 Å². The van der Waals surface area contributed by atoms with E-state index in [9.17, 15) is 0 Å². The molecule has 1 atom stereocenters. The van der Waals surface area contributed by atoms with Crippen LogP contribution in [0.2, 0.25) is 0 Å². The van der Waals surface area contributed by atoms with Gasteiger partial charge in [-0.3, -0.25) is 0 Å². The predicted octanol–water partition coefficient (Wildman–Crippen LogP) is 5.52. The smallest absolute Gasteiger partial charge is 0.0285 e. The lowest BCUT2D eigenvalue weighted by Gasteiger charge is -2.17. The largest absolute Gasteiger partial charge is 0.313 e. The van der Waals surface area contributed by atoms with Crippen LogP contribution in [0.1, 0.15) is 23.8 Å². The van der Waals surface area contributed by atoms with E-state index in [1.54, 1.807) is 0 Å². The van der Waals surface area contributed by atoms with Crippen molar-refractivity contribution < 1.29 is 0 Å². The number of nitrogens with one attached hydrogen (secondary N) is 1. The van der Waals surface area contributed by atoms with E-state index in [0.717, 1.165) is 18.7 Å². The molecule has 1 N–H and O–H groups in total.